The maximum absolute atomic E-state index is 13.4. The second kappa shape index (κ2) is 4.13. The molecule has 0 amide bonds. The standard InChI is InChI=1S/C12H16ClFN2/c1-7(8-3-4-8)16(2)12-6-10(14)9(13)5-11(12)15/h5-8H,3-4,15H2,1-2H3. The van der Waals surface area contributed by atoms with Gasteiger partial charge in [-0.25, -0.2) is 4.39 Å². The number of hydrogen-bond donors (Lipinski definition) is 1. The van der Waals surface area contributed by atoms with Crippen LogP contribution >= 0.6 is 11.6 Å². The fourth-order valence-electron chi connectivity index (χ4n) is 1.97. The van der Waals surface area contributed by atoms with E-state index in [1.807, 2.05) is 11.9 Å². The Kier molecular flexibility index (Phi) is 2.98. The van der Waals surface area contributed by atoms with Crippen LogP contribution in [0.25, 0.3) is 0 Å². The molecular weight excluding hydrogens is 227 g/mol. The fourth-order valence-corrected chi connectivity index (χ4v) is 2.14. The van der Waals surface area contributed by atoms with Crippen molar-refractivity contribution in [1.29, 1.82) is 0 Å². The van der Waals surface area contributed by atoms with Gasteiger partial charge >= 0.3 is 0 Å². The lowest BCUT2D eigenvalue weighted by atomic mass is 10.1. The zero-order chi connectivity index (χ0) is 11.9. The summed E-state index contributed by atoms with van der Waals surface area (Å²) in [7, 11) is 1.95. The van der Waals surface area contributed by atoms with Crippen LogP contribution in [-0.4, -0.2) is 13.1 Å². The number of rotatable bonds is 3. The molecule has 0 radical (unpaired) electrons. The number of nitrogens with zero attached hydrogens (tertiary/aromatic N) is 1. The highest BCUT2D eigenvalue weighted by molar-refractivity contribution is 6.31. The average molecular weight is 243 g/mol. The first kappa shape index (κ1) is 11.5. The summed E-state index contributed by atoms with van der Waals surface area (Å²) in [5, 5.41) is 0.0775. The van der Waals surface area contributed by atoms with E-state index in [4.69, 9.17) is 17.3 Å². The zero-order valence-electron chi connectivity index (χ0n) is 9.50. The topological polar surface area (TPSA) is 29.3 Å². The predicted octanol–water partition coefficient (Wildman–Crippen LogP) is 3.30. The van der Waals surface area contributed by atoms with Crippen molar-refractivity contribution in [3.63, 3.8) is 0 Å². The van der Waals surface area contributed by atoms with Crippen LogP contribution in [0.15, 0.2) is 12.1 Å². The molecule has 1 fully saturated rings. The van der Waals surface area contributed by atoms with E-state index in [1.54, 1.807) is 0 Å². The Labute approximate surface area is 100 Å². The molecule has 88 valence electrons. The van der Waals surface area contributed by atoms with Crippen LogP contribution in [0.3, 0.4) is 0 Å². The number of hydrogen-bond acceptors (Lipinski definition) is 2. The van der Waals surface area contributed by atoms with Crippen LogP contribution in [0, 0.1) is 11.7 Å². The van der Waals surface area contributed by atoms with Gasteiger partial charge < -0.3 is 10.6 Å². The van der Waals surface area contributed by atoms with Gasteiger partial charge in [-0.3, -0.25) is 0 Å². The first-order chi connectivity index (χ1) is 7.50. The maximum Gasteiger partial charge on any atom is 0.144 e. The third kappa shape index (κ3) is 2.09. The first-order valence-corrected chi connectivity index (χ1v) is 5.86. The van der Waals surface area contributed by atoms with Crippen LogP contribution in [-0.2, 0) is 0 Å². The molecule has 0 aliphatic heterocycles. The molecule has 2 nitrogen and oxygen atoms in total. The molecule has 4 heteroatoms. The fraction of sp³-hybridized carbons (Fsp3) is 0.500. The second-order valence-corrected chi connectivity index (χ2v) is 4.92. The largest absolute Gasteiger partial charge is 0.397 e. The van der Waals surface area contributed by atoms with E-state index in [0.717, 1.165) is 5.69 Å². The maximum atomic E-state index is 13.4. The summed E-state index contributed by atoms with van der Waals surface area (Å²) in [6, 6.07) is 3.28. The quantitative estimate of drug-likeness (QED) is 0.825. The number of halogens is 2. The second-order valence-electron chi connectivity index (χ2n) is 4.51. The van der Waals surface area contributed by atoms with Crippen molar-refractivity contribution in [1.82, 2.24) is 0 Å². The predicted molar refractivity (Wildman–Crippen MR) is 66.4 cm³/mol. The smallest absolute Gasteiger partial charge is 0.144 e. The molecule has 0 aromatic heterocycles. The van der Waals surface area contributed by atoms with Crippen molar-refractivity contribution in [2.24, 2.45) is 5.92 Å². The van der Waals surface area contributed by atoms with Gasteiger partial charge in [0.1, 0.15) is 5.82 Å². The van der Waals surface area contributed by atoms with Gasteiger partial charge in [0.15, 0.2) is 0 Å². The van der Waals surface area contributed by atoms with Crippen LogP contribution in [0.5, 0.6) is 0 Å². The Bertz CT molecular complexity index is 404. The van der Waals surface area contributed by atoms with Crippen molar-refractivity contribution in [2.75, 3.05) is 17.7 Å². The van der Waals surface area contributed by atoms with Crippen LogP contribution in [0.1, 0.15) is 19.8 Å². The van der Waals surface area contributed by atoms with Gasteiger partial charge in [0.05, 0.1) is 16.4 Å². The van der Waals surface area contributed by atoms with Crippen molar-refractivity contribution >= 4 is 23.0 Å². The van der Waals surface area contributed by atoms with Gasteiger partial charge in [-0.15, -0.1) is 0 Å². The molecular formula is C12H16ClFN2. The van der Waals surface area contributed by atoms with E-state index < -0.39 is 5.82 Å². The summed E-state index contributed by atoms with van der Waals surface area (Å²) < 4.78 is 13.4. The molecule has 1 saturated carbocycles. The average Bonchev–Trinajstić information content (AvgIpc) is 3.05. The Morgan fingerprint density at radius 2 is 2.12 bits per heavy atom. The molecule has 1 aliphatic carbocycles. The van der Waals surface area contributed by atoms with Gasteiger partial charge in [0.25, 0.3) is 0 Å². The van der Waals surface area contributed by atoms with Gasteiger partial charge in [0.2, 0.25) is 0 Å². The number of benzene rings is 1. The lowest BCUT2D eigenvalue weighted by molar-refractivity contribution is 0.601. The molecule has 0 saturated heterocycles. The summed E-state index contributed by atoms with van der Waals surface area (Å²) in [4.78, 5) is 2.03. The highest BCUT2D eigenvalue weighted by atomic mass is 35.5. The Hall–Kier alpha value is -0.960. The van der Waals surface area contributed by atoms with E-state index in [0.29, 0.717) is 17.6 Å². The molecule has 2 N–H and O–H groups in total. The lowest BCUT2D eigenvalue weighted by Gasteiger charge is -2.28. The summed E-state index contributed by atoms with van der Waals surface area (Å²) in [5.74, 6) is 0.295. The molecule has 1 aromatic rings. The Balaban J connectivity index is 2.28. The Morgan fingerprint density at radius 3 is 2.69 bits per heavy atom. The van der Waals surface area contributed by atoms with E-state index in [9.17, 15) is 4.39 Å². The monoisotopic (exact) mass is 242 g/mol. The third-order valence-electron chi connectivity index (χ3n) is 3.36. The normalized spacial score (nSPS) is 17.2. The molecule has 1 aliphatic rings. The van der Waals surface area contributed by atoms with Crippen molar-refractivity contribution in [3.05, 3.63) is 23.0 Å². The summed E-state index contributed by atoms with van der Waals surface area (Å²) in [6.07, 6.45) is 2.50. The number of nitrogens with two attached hydrogens (primary N) is 1. The van der Waals surface area contributed by atoms with Crippen LogP contribution < -0.4 is 10.6 Å². The van der Waals surface area contributed by atoms with Crippen LogP contribution in [0.2, 0.25) is 5.02 Å². The van der Waals surface area contributed by atoms with Gasteiger partial charge in [-0.2, -0.15) is 0 Å². The van der Waals surface area contributed by atoms with Gasteiger partial charge in [0, 0.05) is 19.2 Å². The minimum atomic E-state index is -0.416. The van der Waals surface area contributed by atoms with E-state index in [1.165, 1.54) is 25.0 Å². The third-order valence-corrected chi connectivity index (χ3v) is 3.65. The van der Waals surface area contributed by atoms with Gasteiger partial charge in [-0.1, -0.05) is 11.6 Å². The number of nitrogen functional groups attached to an aromatic ring is 1. The minimum absolute atomic E-state index is 0.0775. The molecule has 0 spiro atoms. The Morgan fingerprint density at radius 1 is 1.50 bits per heavy atom. The lowest BCUT2D eigenvalue weighted by Crippen LogP contribution is -2.31. The van der Waals surface area contributed by atoms with Crippen LogP contribution in [0.4, 0.5) is 15.8 Å². The molecule has 1 atom stereocenters. The molecule has 0 heterocycles. The molecule has 1 aromatic carbocycles. The van der Waals surface area contributed by atoms with Gasteiger partial charge in [-0.05, 0) is 31.7 Å². The molecule has 16 heavy (non-hydrogen) atoms. The van der Waals surface area contributed by atoms with Crippen molar-refractivity contribution in [2.45, 2.75) is 25.8 Å². The highest BCUT2D eigenvalue weighted by Gasteiger charge is 2.31. The minimum Gasteiger partial charge on any atom is -0.397 e. The van der Waals surface area contributed by atoms with E-state index >= 15 is 0 Å². The van der Waals surface area contributed by atoms with Crippen molar-refractivity contribution in [3.8, 4) is 0 Å². The highest BCUT2D eigenvalue weighted by Crippen LogP contribution is 2.38. The molecule has 0 bridgehead atoms. The van der Waals surface area contributed by atoms with E-state index in [-0.39, 0.29) is 5.02 Å². The SMILES string of the molecule is CC(C1CC1)N(C)c1cc(F)c(Cl)cc1N. The van der Waals surface area contributed by atoms with Crippen molar-refractivity contribution < 1.29 is 4.39 Å². The van der Waals surface area contributed by atoms with E-state index in [2.05, 4.69) is 6.92 Å². The molecule has 2 rings (SSSR count). The first-order valence-electron chi connectivity index (χ1n) is 5.48. The summed E-state index contributed by atoms with van der Waals surface area (Å²) in [5.41, 5.74) is 7.11. The number of anilines is 2. The summed E-state index contributed by atoms with van der Waals surface area (Å²) >= 11 is 5.67. The molecule has 1 unspecified atom stereocenters. The zero-order valence-corrected chi connectivity index (χ0v) is 10.3. The summed E-state index contributed by atoms with van der Waals surface area (Å²) in [6.45, 7) is 2.14.